The summed E-state index contributed by atoms with van der Waals surface area (Å²) in [6.07, 6.45) is 0.190. The van der Waals surface area contributed by atoms with Crippen molar-refractivity contribution in [3.8, 4) is 0 Å². The molecule has 2 aliphatic rings. The van der Waals surface area contributed by atoms with Crippen LogP contribution in [0.3, 0.4) is 0 Å². The third kappa shape index (κ3) is 5.29. The fourth-order valence-corrected chi connectivity index (χ4v) is 5.59. The van der Waals surface area contributed by atoms with Crippen LogP contribution in [0.5, 0.6) is 0 Å². The summed E-state index contributed by atoms with van der Waals surface area (Å²) >= 11 is 1.47. The van der Waals surface area contributed by atoms with Crippen molar-refractivity contribution in [1.82, 2.24) is 9.80 Å². The quantitative estimate of drug-likeness (QED) is 0.339. The zero-order chi connectivity index (χ0) is 26.5. The highest BCUT2D eigenvalue weighted by Gasteiger charge is 2.42. The van der Waals surface area contributed by atoms with Crippen molar-refractivity contribution in [2.75, 3.05) is 13.7 Å². The molecule has 3 aromatic carbocycles. The Balaban J connectivity index is 1.52. The predicted octanol–water partition coefficient (Wildman–Crippen LogP) is 6.01. The van der Waals surface area contributed by atoms with Crippen LogP contribution in [0.4, 0.5) is 0 Å². The molecule has 0 N–H and O–H groups in total. The highest BCUT2D eigenvalue weighted by Crippen LogP contribution is 2.47. The van der Waals surface area contributed by atoms with Crippen LogP contribution in [0.25, 0.3) is 5.70 Å². The summed E-state index contributed by atoms with van der Waals surface area (Å²) in [5.74, 6) is -0.420. The van der Waals surface area contributed by atoms with Gasteiger partial charge in [-0.1, -0.05) is 103 Å². The number of fused-ring (bicyclic) bond motifs is 1. The van der Waals surface area contributed by atoms with Crippen molar-refractivity contribution in [3.63, 3.8) is 0 Å². The van der Waals surface area contributed by atoms with E-state index < -0.39 is 12.0 Å². The van der Waals surface area contributed by atoms with E-state index in [-0.39, 0.29) is 18.9 Å². The number of rotatable bonds is 8. The zero-order valence-electron chi connectivity index (χ0n) is 21.4. The smallest absolute Gasteiger partial charge is 0.338 e. The molecule has 2 aliphatic heterocycles. The van der Waals surface area contributed by atoms with E-state index in [9.17, 15) is 9.59 Å². The molecule has 2 heterocycles. The number of hydrogen-bond donors (Lipinski definition) is 0. The molecule has 0 radical (unpaired) electrons. The van der Waals surface area contributed by atoms with E-state index in [2.05, 4.69) is 0 Å². The number of amidine groups is 1. The average molecular weight is 524 g/mol. The maximum atomic E-state index is 13.5. The molecule has 0 aliphatic carbocycles. The molecule has 0 spiro atoms. The lowest BCUT2D eigenvalue weighted by Crippen LogP contribution is -2.38. The van der Waals surface area contributed by atoms with Crippen molar-refractivity contribution < 1.29 is 14.3 Å². The lowest BCUT2D eigenvalue weighted by Gasteiger charge is -2.37. The molecule has 0 saturated heterocycles. The molecule has 0 fully saturated rings. The number of esters is 1. The molecular weight excluding hydrogens is 494 g/mol. The number of hydrogen-bond acceptors (Lipinski definition) is 6. The van der Waals surface area contributed by atoms with Gasteiger partial charge in [0.05, 0.1) is 30.3 Å². The number of carbonyl (C=O) groups is 2. The van der Waals surface area contributed by atoms with E-state index in [1.54, 1.807) is 11.8 Å². The van der Waals surface area contributed by atoms with Crippen LogP contribution in [-0.2, 0) is 20.9 Å². The molecule has 3 aromatic rings. The standard InChI is InChI=1S/C31H29N3O3S/c1-3-37-30(36)27-28(23-15-9-5-10-16-23)32-31-34(29(27)24-17-11-6-12-18-24)25(21-38-31)19-26(35)33(2)20-22-13-7-4-8-14-22/h4-18,21,29H,3,19-20H2,1-2H3/t29-/m0/s1. The molecule has 1 atom stereocenters. The van der Waals surface area contributed by atoms with E-state index in [0.717, 1.165) is 27.6 Å². The third-order valence-corrected chi connectivity index (χ3v) is 7.38. The minimum atomic E-state index is -0.480. The first-order valence-corrected chi connectivity index (χ1v) is 13.5. The van der Waals surface area contributed by atoms with Gasteiger partial charge >= 0.3 is 5.97 Å². The summed E-state index contributed by atoms with van der Waals surface area (Å²) in [4.78, 5) is 35.6. The van der Waals surface area contributed by atoms with Crippen molar-refractivity contribution in [2.24, 2.45) is 4.99 Å². The number of thioether (sulfide) groups is 1. The van der Waals surface area contributed by atoms with Gasteiger partial charge in [0, 0.05) is 24.9 Å². The van der Waals surface area contributed by atoms with Gasteiger partial charge in [0.25, 0.3) is 0 Å². The Hall–Kier alpha value is -4.10. The van der Waals surface area contributed by atoms with Crippen molar-refractivity contribution >= 4 is 34.5 Å². The molecule has 0 unspecified atom stereocenters. The molecule has 0 bridgehead atoms. The average Bonchev–Trinajstić information content (AvgIpc) is 3.35. The van der Waals surface area contributed by atoms with Crippen LogP contribution in [0.15, 0.2) is 113 Å². The van der Waals surface area contributed by atoms with Crippen molar-refractivity contribution in [3.05, 3.63) is 124 Å². The first kappa shape index (κ1) is 25.5. The summed E-state index contributed by atoms with van der Waals surface area (Å²) in [5.41, 5.74) is 4.71. The van der Waals surface area contributed by atoms with Gasteiger partial charge in [0.15, 0.2) is 5.17 Å². The van der Waals surface area contributed by atoms with Gasteiger partial charge in [-0.3, -0.25) is 4.79 Å². The van der Waals surface area contributed by atoms with Gasteiger partial charge < -0.3 is 14.5 Å². The molecular formula is C31H29N3O3S. The van der Waals surface area contributed by atoms with Crippen LogP contribution in [0, 0.1) is 0 Å². The van der Waals surface area contributed by atoms with Crippen molar-refractivity contribution in [2.45, 2.75) is 25.9 Å². The Morgan fingerprint density at radius 1 is 0.947 bits per heavy atom. The number of amides is 1. The van der Waals surface area contributed by atoms with Crippen molar-refractivity contribution in [1.29, 1.82) is 0 Å². The maximum absolute atomic E-state index is 13.5. The molecule has 38 heavy (non-hydrogen) atoms. The minimum Gasteiger partial charge on any atom is -0.463 e. The molecule has 5 rings (SSSR count). The van der Waals surface area contributed by atoms with Gasteiger partial charge in [-0.2, -0.15) is 0 Å². The second-order valence-corrected chi connectivity index (χ2v) is 9.90. The Labute approximate surface area is 227 Å². The van der Waals surface area contributed by atoms with Gasteiger partial charge in [0.2, 0.25) is 5.91 Å². The Morgan fingerprint density at radius 3 is 2.24 bits per heavy atom. The Kier molecular flexibility index (Phi) is 7.75. The van der Waals surface area contributed by atoms with E-state index in [0.29, 0.717) is 17.8 Å². The van der Waals surface area contributed by atoms with E-state index in [1.807, 2.05) is 108 Å². The van der Waals surface area contributed by atoms with Gasteiger partial charge in [-0.15, -0.1) is 0 Å². The van der Waals surface area contributed by atoms with Crippen LogP contribution < -0.4 is 0 Å². The number of nitrogens with zero attached hydrogens (tertiary/aromatic N) is 3. The lowest BCUT2D eigenvalue weighted by molar-refractivity contribution is -0.139. The Bertz CT molecular complexity index is 1400. The largest absolute Gasteiger partial charge is 0.463 e. The van der Waals surface area contributed by atoms with E-state index in [4.69, 9.17) is 9.73 Å². The monoisotopic (exact) mass is 523 g/mol. The first-order valence-electron chi connectivity index (χ1n) is 12.6. The third-order valence-electron chi connectivity index (χ3n) is 6.49. The van der Waals surface area contributed by atoms with Crippen LogP contribution in [-0.4, -0.2) is 40.5 Å². The SMILES string of the molecule is CCOC(=O)C1=C(c2ccccc2)N=C2SC=C(CC(=O)N(C)Cc3ccccc3)N2[C@H]1c1ccccc1. The summed E-state index contributed by atoms with van der Waals surface area (Å²) in [6, 6.07) is 29.0. The number of aliphatic imine (C=N–C) groups is 1. The van der Waals surface area contributed by atoms with E-state index >= 15 is 0 Å². The topological polar surface area (TPSA) is 62.2 Å². The summed E-state index contributed by atoms with van der Waals surface area (Å²) in [5, 5.41) is 2.71. The summed E-state index contributed by atoms with van der Waals surface area (Å²) in [7, 11) is 1.81. The molecule has 0 saturated carbocycles. The van der Waals surface area contributed by atoms with Gasteiger partial charge in [-0.25, -0.2) is 9.79 Å². The molecule has 7 heteroatoms. The molecule has 192 valence electrons. The van der Waals surface area contributed by atoms with E-state index in [1.165, 1.54) is 11.8 Å². The summed E-state index contributed by atoms with van der Waals surface area (Å²) < 4.78 is 5.56. The first-order chi connectivity index (χ1) is 18.6. The number of ether oxygens (including phenoxy) is 1. The normalized spacial score (nSPS) is 16.5. The zero-order valence-corrected chi connectivity index (χ0v) is 22.2. The number of carbonyl (C=O) groups excluding carboxylic acids is 2. The highest BCUT2D eigenvalue weighted by atomic mass is 32.2. The highest BCUT2D eigenvalue weighted by molar-refractivity contribution is 8.16. The fraction of sp³-hybridized carbons (Fsp3) is 0.194. The second kappa shape index (κ2) is 11.5. The van der Waals surface area contributed by atoms with Crippen LogP contribution in [0.1, 0.15) is 36.1 Å². The summed E-state index contributed by atoms with van der Waals surface area (Å²) in [6.45, 7) is 2.58. The minimum absolute atomic E-state index is 0.00992. The van der Waals surface area contributed by atoms with Crippen LogP contribution >= 0.6 is 11.8 Å². The van der Waals surface area contributed by atoms with Gasteiger partial charge in [0.1, 0.15) is 0 Å². The lowest BCUT2D eigenvalue weighted by atomic mass is 9.91. The maximum Gasteiger partial charge on any atom is 0.338 e. The molecule has 0 aromatic heterocycles. The fourth-order valence-electron chi connectivity index (χ4n) is 4.67. The second-order valence-electron chi connectivity index (χ2n) is 9.07. The van der Waals surface area contributed by atoms with Gasteiger partial charge in [-0.05, 0) is 23.5 Å². The molecule has 1 amide bonds. The molecule has 6 nitrogen and oxygen atoms in total. The van der Waals surface area contributed by atoms with Crippen LogP contribution in [0.2, 0.25) is 0 Å². The Morgan fingerprint density at radius 2 is 1.58 bits per heavy atom. The number of benzene rings is 3. The predicted molar refractivity (Wildman–Crippen MR) is 152 cm³/mol.